The monoisotopic (exact) mass is 221 g/mol. The largest absolute Gasteiger partial charge is 0.382 e. The minimum absolute atomic E-state index is 0.0531. The van der Waals surface area contributed by atoms with Crippen LogP contribution in [0.1, 0.15) is 31.9 Å². The fourth-order valence-corrected chi connectivity index (χ4v) is 1.63. The third-order valence-electron chi connectivity index (χ3n) is 2.42. The van der Waals surface area contributed by atoms with E-state index in [0.29, 0.717) is 0 Å². The predicted octanol–water partition coefficient (Wildman–Crippen LogP) is 3.53. The number of hydrogen-bond acceptors (Lipinski definition) is 2. The maximum atomic E-state index is 5.67. The first-order valence-electron chi connectivity index (χ1n) is 5.84. The Balaban J connectivity index is 2.43. The minimum atomic E-state index is -0.0531. The van der Waals surface area contributed by atoms with Crippen LogP contribution < -0.4 is 5.32 Å². The van der Waals surface area contributed by atoms with Crippen LogP contribution in [0.25, 0.3) is 0 Å². The highest BCUT2D eigenvalue weighted by molar-refractivity contribution is 5.56. The van der Waals surface area contributed by atoms with Gasteiger partial charge in [0, 0.05) is 12.2 Å². The van der Waals surface area contributed by atoms with E-state index in [1.54, 1.807) is 0 Å². The fourth-order valence-electron chi connectivity index (χ4n) is 1.63. The van der Waals surface area contributed by atoms with Gasteiger partial charge < -0.3 is 10.1 Å². The van der Waals surface area contributed by atoms with Crippen molar-refractivity contribution in [3.63, 3.8) is 0 Å². The summed E-state index contributed by atoms with van der Waals surface area (Å²) in [6, 6.07) is 6.33. The molecule has 1 aromatic rings. The van der Waals surface area contributed by atoms with Gasteiger partial charge in [0.2, 0.25) is 0 Å². The third kappa shape index (κ3) is 4.23. The first kappa shape index (κ1) is 13.0. The van der Waals surface area contributed by atoms with E-state index in [1.165, 1.54) is 16.8 Å². The minimum Gasteiger partial charge on any atom is -0.382 e. The number of nitrogens with one attached hydrogen (secondary N) is 1. The third-order valence-corrected chi connectivity index (χ3v) is 2.42. The number of ether oxygens (including phenoxy) is 1. The van der Waals surface area contributed by atoms with Crippen LogP contribution >= 0.6 is 0 Å². The van der Waals surface area contributed by atoms with Crippen molar-refractivity contribution in [3.05, 3.63) is 29.3 Å². The Morgan fingerprint density at radius 2 is 1.69 bits per heavy atom. The molecule has 0 bridgehead atoms. The van der Waals surface area contributed by atoms with Crippen molar-refractivity contribution in [3.8, 4) is 0 Å². The first-order chi connectivity index (χ1) is 7.40. The number of rotatable bonds is 4. The van der Waals surface area contributed by atoms with Gasteiger partial charge in [-0.3, -0.25) is 0 Å². The van der Waals surface area contributed by atoms with Crippen molar-refractivity contribution >= 4 is 5.69 Å². The Kier molecular flexibility index (Phi) is 4.36. The highest BCUT2D eigenvalue weighted by Gasteiger charge is 2.09. The molecule has 0 fully saturated rings. The number of hydrogen-bond donors (Lipinski definition) is 1. The number of aryl methyl sites for hydroxylation is 2. The van der Waals surface area contributed by atoms with Crippen molar-refractivity contribution in [1.82, 2.24) is 0 Å². The van der Waals surface area contributed by atoms with Crippen LogP contribution in [-0.2, 0) is 4.74 Å². The highest BCUT2D eigenvalue weighted by Crippen LogP contribution is 2.19. The lowest BCUT2D eigenvalue weighted by Crippen LogP contribution is -2.23. The topological polar surface area (TPSA) is 21.3 Å². The summed E-state index contributed by atoms with van der Waals surface area (Å²) in [4.78, 5) is 0. The Morgan fingerprint density at radius 1 is 1.12 bits per heavy atom. The van der Waals surface area contributed by atoms with Gasteiger partial charge in [0.1, 0.15) is 0 Å². The van der Waals surface area contributed by atoms with Crippen molar-refractivity contribution in [1.29, 1.82) is 0 Å². The second-order valence-corrected chi connectivity index (χ2v) is 5.15. The summed E-state index contributed by atoms with van der Waals surface area (Å²) in [5.41, 5.74) is 3.76. The van der Waals surface area contributed by atoms with Crippen LogP contribution in [0.2, 0.25) is 0 Å². The molecule has 2 nitrogen and oxygen atoms in total. The average molecular weight is 221 g/mol. The van der Waals surface area contributed by atoms with Crippen LogP contribution in [0.3, 0.4) is 0 Å². The van der Waals surface area contributed by atoms with Gasteiger partial charge in [-0.1, -0.05) is 18.2 Å². The van der Waals surface area contributed by atoms with Crippen molar-refractivity contribution < 1.29 is 4.74 Å². The lowest BCUT2D eigenvalue weighted by atomic mass is 10.1. The van der Waals surface area contributed by atoms with Gasteiger partial charge in [-0.15, -0.1) is 0 Å². The quantitative estimate of drug-likeness (QED) is 0.785. The normalized spacial score (nSPS) is 11.6. The van der Waals surface area contributed by atoms with Crippen molar-refractivity contribution in [2.45, 2.75) is 40.2 Å². The van der Waals surface area contributed by atoms with Gasteiger partial charge in [0.25, 0.3) is 0 Å². The number of anilines is 1. The van der Waals surface area contributed by atoms with Crippen LogP contribution in [0.5, 0.6) is 0 Å². The summed E-state index contributed by atoms with van der Waals surface area (Å²) in [5.74, 6) is 0. The summed E-state index contributed by atoms with van der Waals surface area (Å²) >= 11 is 0. The van der Waals surface area contributed by atoms with E-state index < -0.39 is 0 Å². The molecule has 1 rings (SSSR count). The molecular weight excluding hydrogens is 198 g/mol. The van der Waals surface area contributed by atoms with Gasteiger partial charge in [-0.25, -0.2) is 0 Å². The zero-order valence-corrected chi connectivity index (χ0v) is 11.1. The van der Waals surface area contributed by atoms with Crippen molar-refractivity contribution in [2.24, 2.45) is 0 Å². The molecule has 0 radical (unpaired) electrons. The van der Waals surface area contributed by atoms with E-state index in [2.05, 4.69) is 58.1 Å². The Morgan fingerprint density at radius 3 is 2.19 bits per heavy atom. The van der Waals surface area contributed by atoms with E-state index in [9.17, 15) is 0 Å². The molecule has 0 saturated heterocycles. The molecule has 0 spiro atoms. The van der Waals surface area contributed by atoms with Crippen LogP contribution in [0.4, 0.5) is 5.69 Å². The van der Waals surface area contributed by atoms with E-state index in [4.69, 9.17) is 4.74 Å². The van der Waals surface area contributed by atoms with Crippen LogP contribution in [0, 0.1) is 13.8 Å². The maximum Gasteiger partial charge on any atom is 0.0646 e. The van der Waals surface area contributed by atoms with E-state index in [-0.39, 0.29) is 5.60 Å². The molecule has 1 aromatic carbocycles. The molecule has 0 aliphatic carbocycles. The van der Waals surface area contributed by atoms with Crippen LogP contribution in [-0.4, -0.2) is 18.8 Å². The lowest BCUT2D eigenvalue weighted by molar-refractivity contribution is 0.00333. The summed E-state index contributed by atoms with van der Waals surface area (Å²) in [5, 5.41) is 3.43. The number of benzene rings is 1. The summed E-state index contributed by atoms with van der Waals surface area (Å²) in [6.07, 6.45) is 0. The van der Waals surface area contributed by atoms with Gasteiger partial charge in [0.15, 0.2) is 0 Å². The lowest BCUT2D eigenvalue weighted by Gasteiger charge is -2.20. The smallest absolute Gasteiger partial charge is 0.0646 e. The summed E-state index contributed by atoms with van der Waals surface area (Å²) in [6.45, 7) is 12.1. The molecule has 0 amide bonds. The van der Waals surface area contributed by atoms with Gasteiger partial charge >= 0.3 is 0 Å². The maximum absolute atomic E-state index is 5.67. The standard InChI is InChI=1S/C14H23NO/c1-11-7-6-8-12(2)13(11)15-9-10-16-14(3,4)5/h6-8,15H,9-10H2,1-5H3. The van der Waals surface area contributed by atoms with Crippen molar-refractivity contribution in [2.75, 3.05) is 18.5 Å². The van der Waals surface area contributed by atoms with E-state index in [1.807, 2.05) is 0 Å². The predicted molar refractivity (Wildman–Crippen MR) is 70.1 cm³/mol. The Hall–Kier alpha value is -1.02. The average Bonchev–Trinajstić information content (AvgIpc) is 2.14. The fraction of sp³-hybridized carbons (Fsp3) is 0.571. The Labute approximate surface area is 99.0 Å². The second kappa shape index (κ2) is 5.35. The molecule has 0 aromatic heterocycles. The van der Waals surface area contributed by atoms with E-state index >= 15 is 0 Å². The van der Waals surface area contributed by atoms with Gasteiger partial charge in [-0.05, 0) is 45.7 Å². The molecule has 0 aliphatic heterocycles. The van der Waals surface area contributed by atoms with Crippen LogP contribution in [0.15, 0.2) is 18.2 Å². The molecule has 0 aliphatic rings. The molecule has 1 N–H and O–H groups in total. The molecule has 0 unspecified atom stereocenters. The summed E-state index contributed by atoms with van der Waals surface area (Å²) < 4.78 is 5.67. The molecule has 0 saturated carbocycles. The second-order valence-electron chi connectivity index (χ2n) is 5.15. The zero-order chi connectivity index (χ0) is 12.2. The van der Waals surface area contributed by atoms with E-state index in [0.717, 1.165) is 13.2 Å². The van der Waals surface area contributed by atoms with Gasteiger partial charge in [-0.2, -0.15) is 0 Å². The molecule has 2 heteroatoms. The van der Waals surface area contributed by atoms with Gasteiger partial charge in [0.05, 0.1) is 12.2 Å². The molecule has 0 atom stereocenters. The SMILES string of the molecule is Cc1cccc(C)c1NCCOC(C)(C)C. The number of para-hydroxylation sites is 1. The molecule has 90 valence electrons. The molecule has 16 heavy (non-hydrogen) atoms. The first-order valence-corrected chi connectivity index (χ1v) is 5.84. The zero-order valence-electron chi connectivity index (χ0n) is 11.1. The molecular formula is C14H23NO. The Bertz CT molecular complexity index is 319. The highest BCUT2D eigenvalue weighted by atomic mass is 16.5. The summed E-state index contributed by atoms with van der Waals surface area (Å²) in [7, 11) is 0. The molecule has 0 heterocycles.